The molecule has 8 heteroatoms. The van der Waals surface area contributed by atoms with Gasteiger partial charge in [-0.05, 0) is 6.92 Å². The number of nitrogens with zero attached hydrogens (tertiary/aromatic N) is 1. The number of nitro groups is 1. The van der Waals surface area contributed by atoms with Gasteiger partial charge in [0.15, 0.2) is 11.5 Å². The van der Waals surface area contributed by atoms with E-state index in [1.165, 1.54) is 12.1 Å². The van der Waals surface area contributed by atoms with Crippen molar-refractivity contribution in [1.29, 1.82) is 0 Å². The summed E-state index contributed by atoms with van der Waals surface area (Å²) in [5, 5.41) is 13.4. The van der Waals surface area contributed by atoms with Crippen molar-refractivity contribution in [3.05, 3.63) is 22.2 Å². The fraction of sp³-hybridized carbons (Fsp3) is 0.300. The molecule has 0 spiro atoms. The number of carbonyl (C=O) groups is 1. The van der Waals surface area contributed by atoms with E-state index < -0.39 is 9.75 Å². The van der Waals surface area contributed by atoms with Gasteiger partial charge in [-0.3, -0.25) is 14.9 Å². The van der Waals surface area contributed by atoms with Gasteiger partial charge in [-0.1, -0.05) is 15.9 Å². The fourth-order valence-electron chi connectivity index (χ4n) is 1.41. The highest BCUT2D eigenvalue weighted by Gasteiger charge is 2.25. The lowest BCUT2D eigenvalue weighted by Crippen LogP contribution is -2.20. The Balaban J connectivity index is 2.38. The number of ether oxygens (including phenoxy) is 2. The SMILES string of the molecule is CC(Br)C(=O)Nc1cc2c(cc1[N+](=O)[O-])OCO2. The van der Waals surface area contributed by atoms with E-state index in [0.717, 1.165) is 0 Å². The van der Waals surface area contributed by atoms with E-state index in [4.69, 9.17) is 9.47 Å². The van der Waals surface area contributed by atoms with Gasteiger partial charge in [0.2, 0.25) is 12.7 Å². The first kappa shape index (κ1) is 12.6. The summed E-state index contributed by atoms with van der Waals surface area (Å²) >= 11 is 3.08. The smallest absolute Gasteiger partial charge is 0.296 e. The first-order chi connectivity index (χ1) is 8.49. The van der Waals surface area contributed by atoms with E-state index >= 15 is 0 Å². The van der Waals surface area contributed by atoms with Gasteiger partial charge >= 0.3 is 0 Å². The first-order valence-electron chi connectivity index (χ1n) is 5.02. The Bertz CT molecular complexity index is 517. The zero-order chi connectivity index (χ0) is 13.3. The summed E-state index contributed by atoms with van der Waals surface area (Å²) in [5.41, 5.74) is -0.152. The van der Waals surface area contributed by atoms with Gasteiger partial charge in [0, 0.05) is 6.07 Å². The zero-order valence-electron chi connectivity index (χ0n) is 9.31. The molecule has 0 radical (unpaired) electrons. The van der Waals surface area contributed by atoms with Crippen LogP contribution >= 0.6 is 15.9 Å². The summed E-state index contributed by atoms with van der Waals surface area (Å²) in [6.45, 7) is 1.63. The van der Waals surface area contributed by atoms with Crippen LogP contribution in [0, 0.1) is 10.1 Å². The van der Waals surface area contributed by atoms with Crippen LogP contribution in [0.2, 0.25) is 0 Å². The molecule has 1 heterocycles. The van der Waals surface area contributed by atoms with Gasteiger partial charge < -0.3 is 14.8 Å². The number of carbonyl (C=O) groups excluding carboxylic acids is 1. The normalized spacial score (nSPS) is 14.1. The molecule has 1 amide bonds. The maximum absolute atomic E-state index is 11.5. The number of anilines is 1. The average Bonchev–Trinajstić information content (AvgIpc) is 2.74. The van der Waals surface area contributed by atoms with Crippen molar-refractivity contribution in [2.45, 2.75) is 11.8 Å². The molecule has 0 saturated heterocycles. The van der Waals surface area contributed by atoms with Crippen LogP contribution in [0.4, 0.5) is 11.4 Å². The standard InChI is InChI=1S/C10H9BrN2O5/c1-5(11)10(14)12-6-2-8-9(18-4-17-8)3-7(6)13(15)16/h2-3,5H,4H2,1H3,(H,12,14). The Kier molecular flexibility index (Phi) is 3.37. The number of rotatable bonds is 3. The van der Waals surface area contributed by atoms with Gasteiger partial charge in [-0.2, -0.15) is 0 Å². The first-order valence-corrected chi connectivity index (χ1v) is 5.93. The van der Waals surface area contributed by atoms with E-state index in [0.29, 0.717) is 11.5 Å². The highest BCUT2D eigenvalue weighted by atomic mass is 79.9. The Hall–Kier alpha value is -1.83. The molecule has 1 N–H and O–H groups in total. The number of hydrogen-bond acceptors (Lipinski definition) is 5. The second-order valence-electron chi connectivity index (χ2n) is 3.58. The van der Waals surface area contributed by atoms with Gasteiger partial charge in [-0.25, -0.2) is 0 Å². The van der Waals surface area contributed by atoms with Crippen molar-refractivity contribution in [1.82, 2.24) is 0 Å². The second-order valence-corrected chi connectivity index (χ2v) is 4.96. The number of alkyl halides is 1. The van der Waals surface area contributed by atoms with Crippen LogP contribution in [0.5, 0.6) is 11.5 Å². The molecule has 0 aromatic heterocycles. The Morgan fingerprint density at radius 2 is 2.11 bits per heavy atom. The second kappa shape index (κ2) is 4.81. The van der Waals surface area contributed by atoms with E-state index in [2.05, 4.69) is 21.2 Å². The Labute approximate surface area is 110 Å². The third-order valence-electron chi connectivity index (χ3n) is 2.31. The van der Waals surface area contributed by atoms with E-state index in [1.54, 1.807) is 6.92 Å². The van der Waals surface area contributed by atoms with E-state index in [-0.39, 0.29) is 24.1 Å². The number of halogens is 1. The number of amides is 1. The molecule has 0 fully saturated rings. The van der Waals surface area contributed by atoms with E-state index in [1.807, 2.05) is 0 Å². The fourth-order valence-corrected chi connectivity index (χ4v) is 1.53. The van der Waals surface area contributed by atoms with Crippen LogP contribution in [0.3, 0.4) is 0 Å². The van der Waals surface area contributed by atoms with Crippen molar-refractivity contribution < 1.29 is 19.2 Å². The topological polar surface area (TPSA) is 90.7 Å². The number of fused-ring (bicyclic) bond motifs is 1. The highest BCUT2D eigenvalue weighted by molar-refractivity contribution is 9.10. The number of hydrogen-bond donors (Lipinski definition) is 1. The Morgan fingerprint density at radius 3 is 2.67 bits per heavy atom. The number of nitro benzene ring substituents is 1. The summed E-state index contributed by atoms with van der Waals surface area (Å²) in [7, 11) is 0. The molecule has 1 atom stereocenters. The van der Waals surface area contributed by atoms with Crippen LogP contribution in [0.25, 0.3) is 0 Å². The van der Waals surface area contributed by atoms with Gasteiger partial charge in [0.1, 0.15) is 5.69 Å². The van der Waals surface area contributed by atoms with Crippen molar-refractivity contribution in [2.24, 2.45) is 0 Å². The summed E-state index contributed by atoms with van der Waals surface area (Å²) in [6.07, 6.45) is 0. The van der Waals surface area contributed by atoms with Gasteiger partial charge in [0.05, 0.1) is 15.8 Å². The molecule has 1 aliphatic heterocycles. The summed E-state index contributed by atoms with van der Waals surface area (Å²) < 4.78 is 10.2. The molecule has 2 rings (SSSR count). The van der Waals surface area contributed by atoms with Gasteiger partial charge in [0.25, 0.3) is 5.69 Å². The molecule has 0 aliphatic carbocycles. The van der Waals surface area contributed by atoms with E-state index in [9.17, 15) is 14.9 Å². The number of nitrogens with one attached hydrogen (secondary N) is 1. The molecule has 1 aliphatic rings. The third kappa shape index (κ3) is 2.37. The molecule has 7 nitrogen and oxygen atoms in total. The predicted octanol–water partition coefficient (Wildman–Crippen LogP) is 2.05. The average molecular weight is 317 g/mol. The lowest BCUT2D eigenvalue weighted by Gasteiger charge is -2.08. The van der Waals surface area contributed by atoms with Crippen LogP contribution in [-0.2, 0) is 4.79 Å². The third-order valence-corrected chi connectivity index (χ3v) is 2.72. The molecule has 0 bridgehead atoms. The maximum atomic E-state index is 11.5. The quantitative estimate of drug-likeness (QED) is 0.523. The van der Waals surface area contributed by atoms with Gasteiger partial charge in [-0.15, -0.1) is 0 Å². The van der Waals surface area contributed by atoms with Crippen LogP contribution in [-0.4, -0.2) is 22.5 Å². The molecule has 0 saturated carbocycles. The highest BCUT2D eigenvalue weighted by Crippen LogP contribution is 2.40. The molecule has 1 unspecified atom stereocenters. The number of benzene rings is 1. The molecular formula is C10H9BrN2O5. The lowest BCUT2D eigenvalue weighted by atomic mass is 10.2. The summed E-state index contributed by atoms with van der Waals surface area (Å²) in [5.74, 6) is 0.293. The molecule has 1 aromatic rings. The minimum absolute atomic E-state index is 0.0126. The Morgan fingerprint density at radius 1 is 1.50 bits per heavy atom. The minimum atomic E-state index is -0.587. The summed E-state index contributed by atoms with van der Waals surface area (Å²) in [6, 6.07) is 2.62. The molecular weight excluding hydrogens is 308 g/mol. The minimum Gasteiger partial charge on any atom is -0.454 e. The molecule has 1 aromatic carbocycles. The maximum Gasteiger partial charge on any atom is 0.296 e. The lowest BCUT2D eigenvalue weighted by molar-refractivity contribution is -0.384. The summed E-state index contributed by atoms with van der Waals surface area (Å²) in [4.78, 5) is 21.4. The molecule has 96 valence electrons. The van der Waals surface area contributed by atoms with Crippen molar-refractivity contribution in [3.63, 3.8) is 0 Å². The largest absolute Gasteiger partial charge is 0.454 e. The molecule has 18 heavy (non-hydrogen) atoms. The zero-order valence-corrected chi connectivity index (χ0v) is 10.9. The van der Waals surface area contributed by atoms with Crippen LogP contribution in [0.15, 0.2) is 12.1 Å². The predicted molar refractivity (Wildman–Crippen MR) is 66.2 cm³/mol. The van der Waals surface area contributed by atoms with Crippen molar-refractivity contribution in [2.75, 3.05) is 12.1 Å². The monoisotopic (exact) mass is 316 g/mol. The van der Waals surface area contributed by atoms with Crippen LogP contribution < -0.4 is 14.8 Å². The van der Waals surface area contributed by atoms with Crippen molar-refractivity contribution in [3.8, 4) is 11.5 Å². The van der Waals surface area contributed by atoms with Crippen molar-refractivity contribution >= 4 is 33.2 Å². The van der Waals surface area contributed by atoms with Crippen LogP contribution in [0.1, 0.15) is 6.92 Å².